The van der Waals surface area contributed by atoms with Crippen molar-refractivity contribution in [1.29, 1.82) is 0 Å². The quantitative estimate of drug-likeness (QED) is 0.856. The van der Waals surface area contributed by atoms with Crippen LogP contribution in [0, 0.1) is 5.92 Å². The summed E-state index contributed by atoms with van der Waals surface area (Å²) in [4.78, 5) is 27.2. The van der Waals surface area contributed by atoms with Crippen molar-refractivity contribution in [3.05, 3.63) is 47.4 Å². The molecule has 1 unspecified atom stereocenters. The highest BCUT2D eigenvalue weighted by Crippen LogP contribution is 2.42. The van der Waals surface area contributed by atoms with Crippen molar-refractivity contribution in [2.45, 2.75) is 39.7 Å². The van der Waals surface area contributed by atoms with Crippen molar-refractivity contribution < 1.29 is 14.7 Å². The number of ketones is 1. The molecule has 1 aromatic carbocycles. The first-order valence-corrected chi connectivity index (χ1v) is 9.20. The molecule has 3 rings (SSSR count). The van der Waals surface area contributed by atoms with Crippen molar-refractivity contribution in [2.24, 2.45) is 13.0 Å². The highest BCUT2D eigenvalue weighted by Gasteiger charge is 2.44. The molecule has 1 aliphatic heterocycles. The van der Waals surface area contributed by atoms with E-state index in [9.17, 15) is 14.7 Å². The lowest BCUT2D eigenvalue weighted by molar-refractivity contribution is -0.129. The van der Waals surface area contributed by atoms with Crippen LogP contribution in [0.5, 0.6) is 0 Å². The van der Waals surface area contributed by atoms with Crippen LogP contribution >= 0.6 is 0 Å². The van der Waals surface area contributed by atoms with E-state index in [-0.39, 0.29) is 17.3 Å². The van der Waals surface area contributed by atoms with E-state index in [0.717, 1.165) is 29.3 Å². The molecule has 0 saturated heterocycles. The topological polar surface area (TPSA) is 62.5 Å². The summed E-state index contributed by atoms with van der Waals surface area (Å²) >= 11 is 0. The molecule has 5 nitrogen and oxygen atoms in total. The fourth-order valence-electron chi connectivity index (χ4n) is 3.69. The summed E-state index contributed by atoms with van der Waals surface area (Å²) in [6.07, 6.45) is 3.72. The predicted octanol–water partition coefficient (Wildman–Crippen LogP) is 3.90. The fourth-order valence-corrected chi connectivity index (χ4v) is 3.69. The molecule has 1 aromatic heterocycles. The minimum absolute atomic E-state index is 0.173. The van der Waals surface area contributed by atoms with E-state index in [1.54, 1.807) is 18.7 Å². The molecule has 2 aromatic rings. The summed E-state index contributed by atoms with van der Waals surface area (Å²) in [5.41, 5.74) is 2.16. The minimum Gasteiger partial charge on any atom is -0.503 e. The molecule has 26 heavy (non-hydrogen) atoms. The van der Waals surface area contributed by atoms with Gasteiger partial charge >= 0.3 is 0 Å². The van der Waals surface area contributed by atoms with Crippen molar-refractivity contribution >= 4 is 22.6 Å². The van der Waals surface area contributed by atoms with Gasteiger partial charge in [-0.15, -0.1) is 0 Å². The molecule has 5 heteroatoms. The molecule has 0 radical (unpaired) electrons. The molecule has 0 spiro atoms. The molecular weight excluding hydrogens is 328 g/mol. The maximum atomic E-state index is 12.8. The lowest BCUT2D eigenvalue weighted by atomic mass is 9.91. The number of hydrogen-bond acceptors (Lipinski definition) is 3. The van der Waals surface area contributed by atoms with Gasteiger partial charge in [-0.3, -0.25) is 9.59 Å². The van der Waals surface area contributed by atoms with Gasteiger partial charge in [0.2, 0.25) is 0 Å². The average Bonchev–Trinajstić information content (AvgIpc) is 3.08. The number of Topliss-reactive ketones (excluding diaryl/α,β-unsaturated/α-hetero) is 1. The largest absolute Gasteiger partial charge is 0.503 e. The van der Waals surface area contributed by atoms with E-state index in [2.05, 4.69) is 6.92 Å². The number of benzene rings is 1. The number of hydrogen-bond donors (Lipinski definition) is 1. The van der Waals surface area contributed by atoms with Gasteiger partial charge in [-0.05, 0) is 12.5 Å². The third-order valence-electron chi connectivity index (χ3n) is 5.07. The summed E-state index contributed by atoms with van der Waals surface area (Å²) in [6, 6.07) is 7.40. The van der Waals surface area contributed by atoms with Crippen LogP contribution in [0.15, 0.2) is 41.8 Å². The number of rotatable bonds is 6. The Kier molecular flexibility index (Phi) is 4.90. The molecule has 0 aliphatic carbocycles. The van der Waals surface area contributed by atoms with Gasteiger partial charge in [0.15, 0.2) is 11.5 Å². The fraction of sp³-hybridized carbons (Fsp3) is 0.429. The lowest BCUT2D eigenvalue weighted by Crippen LogP contribution is -2.32. The number of para-hydroxylation sites is 1. The van der Waals surface area contributed by atoms with Crippen LogP contribution in [0.3, 0.4) is 0 Å². The van der Waals surface area contributed by atoms with Crippen molar-refractivity contribution in [3.63, 3.8) is 0 Å². The van der Waals surface area contributed by atoms with Crippen LogP contribution in [-0.2, 0) is 16.6 Å². The Morgan fingerprint density at radius 3 is 2.62 bits per heavy atom. The van der Waals surface area contributed by atoms with Gasteiger partial charge in [0.1, 0.15) is 0 Å². The van der Waals surface area contributed by atoms with Gasteiger partial charge in [0.05, 0.1) is 11.6 Å². The standard InChI is InChI=1S/C21H26N2O3/c1-5-6-11-23-18(17(19(24)13(2)3)20(25)21(23)26)15-12-22(4)16-10-8-7-9-14(15)16/h7-10,12-13,18,25H,5-6,11H2,1-4H3. The van der Waals surface area contributed by atoms with Gasteiger partial charge in [0, 0.05) is 42.2 Å². The van der Waals surface area contributed by atoms with Crippen LogP contribution in [0.1, 0.15) is 45.2 Å². The molecule has 2 heterocycles. The van der Waals surface area contributed by atoms with Gasteiger partial charge in [-0.2, -0.15) is 0 Å². The van der Waals surface area contributed by atoms with E-state index < -0.39 is 17.7 Å². The molecule has 0 saturated carbocycles. The normalized spacial score (nSPS) is 17.8. The molecule has 0 fully saturated rings. The first-order chi connectivity index (χ1) is 12.4. The summed E-state index contributed by atoms with van der Waals surface area (Å²) in [6.45, 7) is 6.16. The van der Waals surface area contributed by atoms with Crippen LogP contribution in [0.2, 0.25) is 0 Å². The van der Waals surface area contributed by atoms with Crippen LogP contribution in [-0.4, -0.2) is 32.8 Å². The Morgan fingerprint density at radius 1 is 1.27 bits per heavy atom. The van der Waals surface area contributed by atoms with Gasteiger partial charge in [0.25, 0.3) is 5.91 Å². The Morgan fingerprint density at radius 2 is 1.96 bits per heavy atom. The number of aliphatic hydroxyl groups is 1. The third-order valence-corrected chi connectivity index (χ3v) is 5.07. The minimum atomic E-state index is -0.532. The second-order valence-corrected chi connectivity index (χ2v) is 7.25. The monoisotopic (exact) mass is 354 g/mol. The number of aromatic nitrogens is 1. The molecule has 0 bridgehead atoms. The number of aliphatic hydroxyl groups excluding tert-OH is 1. The number of carbonyl (C=O) groups excluding carboxylic acids is 2. The van der Waals surface area contributed by atoms with E-state index in [0.29, 0.717) is 6.54 Å². The Bertz CT molecular complexity index is 892. The van der Waals surface area contributed by atoms with E-state index in [1.165, 1.54) is 0 Å². The number of nitrogens with zero attached hydrogens (tertiary/aromatic N) is 2. The highest BCUT2D eigenvalue weighted by molar-refractivity contribution is 6.10. The first-order valence-electron chi connectivity index (χ1n) is 9.20. The maximum absolute atomic E-state index is 12.8. The number of carbonyl (C=O) groups is 2. The smallest absolute Gasteiger partial charge is 0.290 e. The van der Waals surface area contributed by atoms with E-state index in [1.807, 2.05) is 42.1 Å². The number of fused-ring (bicyclic) bond motifs is 1. The van der Waals surface area contributed by atoms with Crippen LogP contribution in [0.25, 0.3) is 10.9 Å². The average molecular weight is 354 g/mol. The second kappa shape index (κ2) is 6.98. The van der Waals surface area contributed by atoms with Crippen molar-refractivity contribution in [3.8, 4) is 0 Å². The van der Waals surface area contributed by atoms with Crippen LogP contribution in [0.4, 0.5) is 0 Å². The summed E-state index contributed by atoms with van der Waals surface area (Å²) in [5.74, 6) is -1.30. The highest BCUT2D eigenvalue weighted by atomic mass is 16.3. The zero-order valence-electron chi connectivity index (χ0n) is 15.8. The Balaban J connectivity index is 2.20. The molecular formula is C21H26N2O3. The zero-order valence-corrected chi connectivity index (χ0v) is 15.8. The predicted molar refractivity (Wildman–Crippen MR) is 102 cm³/mol. The van der Waals surface area contributed by atoms with E-state index in [4.69, 9.17) is 0 Å². The first kappa shape index (κ1) is 18.2. The number of unbranched alkanes of at least 4 members (excludes halogenated alkanes) is 1. The van der Waals surface area contributed by atoms with Gasteiger partial charge in [-0.1, -0.05) is 45.4 Å². The van der Waals surface area contributed by atoms with Crippen molar-refractivity contribution in [2.75, 3.05) is 6.54 Å². The maximum Gasteiger partial charge on any atom is 0.290 e. The Hall–Kier alpha value is -2.56. The SMILES string of the molecule is CCCCN1C(=O)C(O)=C(C(=O)C(C)C)C1c1cn(C)c2ccccc12. The van der Waals surface area contributed by atoms with E-state index >= 15 is 0 Å². The number of amides is 1. The molecule has 138 valence electrons. The molecule has 1 amide bonds. The van der Waals surface area contributed by atoms with Gasteiger partial charge < -0.3 is 14.6 Å². The third kappa shape index (κ3) is 2.81. The Labute approximate surface area is 153 Å². The second-order valence-electron chi connectivity index (χ2n) is 7.25. The summed E-state index contributed by atoms with van der Waals surface area (Å²) < 4.78 is 2.00. The molecule has 1 aliphatic rings. The zero-order chi connectivity index (χ0) is 19.0. The van der Waals surface area contributed by atoms with Crippen LogP contribution < -0.4 is 0 Å². The molecule has 1 N–H and O–H groups in total. The van der Waals surface area contributed by atoms with Gasteiger partial charge in [-0.25, -0.2) is 0 Å². The number of aryl methyl sites for hydroxylation is 1. The lowest BCUT2D eigenvalue weighted by Gasteiger charge is -2.26. The summed E-state index contributed by atoms with van der Waals surface area (Å²) in [5, 5.41) is 11.5. The summed E-state index contributed by atoms with van der Waals surface area (Å²) in [7, 11) is 1.95. The molecule has 1 atom stereocenters. The van der Waals surface area contributed by atoms with Crippen molar-refractivity contribution in [1.82, 2.24) is 9.47 Å².